The normalized spacial score (nSPS) is 13.3. The summed E-state index contributed by atoms with van der Waals surface area (Å²) in [5, 5.41) is 2.85. The first-order valence-corrected chi connectivity index (χ1v) is 5.51. The number of hydrogen-bond donors (Lipinski definition) is 2. The minimum atomic E-state index is 0.0599. The van der Waals surface area contributed by atoms with Crippen molar-refractivity contribution in [2.75, 3.05) is 11.1 Å². The van der Waals surface area contributed by atoms with Crippen molar-refractivity contribution >= 4 is 17.3 Å². The molecule has 84 valence electrons. The molecule has 1 amide bonds. The monoisotopic (exact) mass is 224 g/mol. The minimum absolute atomic E-state index is 0.0599. The Hall–Kier alpha value is -2.29. The predicted molar refractivity (Wildman–Crippen MR) is 68.6 cm³/mol. The second-order valence-electron chi connectivity index (χ2n) is 4.22. The van der Waals surface area contributed by atoms with Gasteiger partial charge in [-0.25, -0.2) is 0 Å². The van der Waals surface area contributed by atoms with Gasteiger partial charge in [-0.3, -0.25) is 4.79 Å². The number of anilines is 2. The smallest absolute Gasteiger partial charge is 0.228 e. The molecule has 0 saturated carbocycles. The maximum absolute atomic E-state index is 11.3. The average molecular weight is 224 g/mol. The maximum atomic E-state index is 11.3. The third kappa shape index (κ3) is 1.76. The van der Waals surface area contributed by atoms with E-state index in [2.05, 4.69) is 5.32 Å². The van der Waals surface area contributed by atoms with Gasteiger partial charge in [-0.1, -0.05) is 24.3 Å². The topological polar surface area (TPSA) is 55.1 Å². The fraction of sp³-hybridized carbons (Fsp3) is 0.0714. The van der Waals surface area contributed by atoms with E-state index in [1.165, 1.54) is 0 Å². The third-order valence-electron chi connectivity index (χ3n) is 2.95. The fourth-order valence-corrected chi connectivity index (χ4v) is 2.11. The molecule has 0 atom stereocenters. The molecule has 0 aliphatic carbocycles. The van der Waals surface area contributed by atoms with E-state index < -0.39 is 0 Å². The summed E-state index contributed by atoms with van der Waals surface area (Å²) in [6.07, 6.45) is 0.479. The van der Waals surface area contributed by atoms with Crippen LogP contribution in [-0.4, -0.2) is 5.91 Å². The van der Waals surface area contributed by atoms with Crippen LogP contribution in [-0.2, 0) is 11.2 Å². The van der Waals surface area contributed by atoms with Crippen LogP contribution in [0.1, 0.15) is 5.56 Å². The van der Waals surface area contributed by atoms with Crippen molar-refractivity contribution in [1.29, 1.82) is 0 Å². The zero-order chi connectivity index (χ0) is 11.8. The molecule has 0 unspecified atom stereocenters. The number of rotatable bonds is 1. The van der Waals surface area contributed by atoms with Gasteiger partial charge in [-0.15, -0.1) is 0 Å². The first kappa shape index (κ1) is 9.90. The first-order chi connectivity index (χ1) is 8.22. The van der Waals surface area contributed by atoms with Crippen molar-refractivity contribution in [2.24, 2.45) is 0 Å². The molecule has 0 bridgehead atoms. The van der Waals surface area contributed by atoms with Crippen LogP contribution in [0.3, 0.4) is 0 Å². The Morgan fingerprint density at radius 3 is 2.71 bits per heavy atom. The average Bonchev–Trinajstić information content (AvgIpc) is 2.68. The van der Waals surface area contributed by atoms with E-state index in [-0.39, 0.29) is 5.91 Å². The number of amides is 1. The van der Waals surface area contributed by atoms with Crippen LogP contribution in [0.25, 0.3) is 11.1 Å². The highest BCUT2D eigenvalue weighted by molar-refractivity contribution is 6.00. The second-order valence-corrected chi connectivity index (χ2v) is 4.22. The van der Waals surface area contributed by atoms with E-state index in [0.29, 0.717) is 6.42 Å². The molecule has 2 aromatic carbocycles. The summed E-state index contributed by atoms with van der Waals surface area (Å²) in [4.78, 5) is 11.3. The van der Waals surface area contributed by atoms with E-state index >= 15 is 0 Å². The summed E-state index contributed by atoms with van der Waals surface area (Å²) >= 11 is 0. The van der Waals surface area contributed by atoms with Crippen LogP contribution in [0.15, 0.2) is 42.5 Å². The molecule has 3 N–H and O–H groups in total. The van der Waals surface area contributed by atoms with Gasteiger partial charge in [-0.05, 0) is 34.9 Å². The number of nitrogen functional groups attached to an aromatic ring is 1. The second kappa shape index (κ2) is 3.63. The summed E-state index contributed by atoms with van der Waals surface area (Å²) in [5.41, 5.74) is 10.6. The van der Waals surface area contributed by atoms with Crippen LogP contribution in [0, 0.1) is 0 Å². The van der Waals surface area contributed by atoms with Crippen molar-refractivity contribution in [2.45, 2.75) is 6.42 Å². The van der Waals surface area contributed by atoms with E-state index in [1.807, 2.05) is 42.5 Å². The summed E-state index contributed by atoms with van der Waals surface area (Å²) < 4.78 is 0. The number of nitrogens with one attached hydrogen (secondary N) is 1. The number of carbonyl (C=O) groups excluding carboxylic acids is 1. The Morgan fingerprint density at radius 2 is 1.88 bits per heavy atom. The van der Waals surface area contributed by atoms with Crippen LogP contribution < -0.4 is 11.1 Å². The highest BCUT2D eigenvalue weighted by atomic mass is 16.1. The Kier molecular flexibility index (Phi) is 2.11. The molecule has 1 heterocycles. The highest BCUT2D eigenvalue weighted by Crippen LogP contribution is 2.29. The zero-order valence-electron chi connectivity index (χ0n) is 9.23. The molecule has 0 saturated heterocycles. The molecule has 0 spiro atoms. The quantitative estimate of drug-likeness (QED) is 0.731. The minimum Gasteiger partial charge on any atom is -0.399 e. The van der Waals surface area contributed by atoms with Crippen molar-refractivity contribution in [3.05, 3.63) is 48.0 Å². The van der Waals surface area contributed by atoms with Gasteiger partial charge in [0.1, 0.15) is 0 Å². The zero-order valence-corrected chi connectivity index (χ0v) is 9.23. The van der Waals surface area contributed by atoms with E-state index in [4.69, 9.17) is 5.73 Å². The highest BCUT2D eigenvalue weighted by Gasteiger charge is 2.17. The van der Waals surface area contributed by atoms with Crippen molar-refractivity contribution in [1.82, 2.24) is 0 Å². The van der Waals surface area contributed by atoms with Gasteiger partial charge in [0, 0.05) is 11.4 Å². The molecular weight excluding hydrogens is 212 g/mol. The van der Waals surface area contributed by atoms with Crippen LogP contribution in [0.2, 0.25) is 0 Å². The van der Waals surface area contributed by atoms with Crippen molar-refractivity contribution in [3.63, 3.8) is 0 Å². The molecule has 1 aliphatic heterocycles. The van der Waals surface area contributed by atoms with Gasteiger partial charge >= 0.3 is 0 Å². The van der Waals surface area contributed by atoms with Gasteiger partial charge in [0.15, 0.2) is 0 Å². The molecule has 3 nitrogen and oxygen atoms in total. The molecule has 17 heavy (non-hydrogen) atoms. The molecule has 1 aliphatic rings. The SMILES string of the molecule is Nc1cccc(-c2ccc3c(c2)NC(=O)C3)c1. The van der Waals surface area contributed by atoms with Gasteiger partial charge in [0.05, 0.1) is 6.42 Å². The summed E-state index contributed by atoms with van der Waals surface area (Å²) in [7, 11) is 0. The number of fused-ring (bicyclic) bond motifs is 1. The molecule has 2 aromatic rings. The maximum Gasteiger partial charge on any atom is 0.228 e. The Balaban J connectivity index is 2.06. The Bertz CT molecular complexity index is 605. The van der Waals surface area contributed by atoms with Crippen molar-refractivity contribution < 1.29 is 4.79 Å². The predicted octanol–water partition coefficient (Wildman–Crippen LogP) is 2.43. The lowest BCUT2D eigenvalue weighted by Gasteiger charge is -2.05. The molecular formula is C14H12N2O. The molecule has 0 fully saturated rings. The summed E-state index contributed by atoms with van der Waals surface area (Å²) in [5.74, 6) is 0.0599. The number of carbonyl (C=O) groups is 1. The standard InChI is InChI=1S/C14H12N2O/c15-12-3-1-2-9(6-12)10-4-5-11-8-14(17)16-13(11)7-10/h1-7H,8,15H2,(H,16,17). The van der Waals surface area contributed by atoms with E-state index in [0.717, 1.165) is 28.1 Å². The number of nitrogens with two attached hydrogens (primary N) is 1. The lowest BCUT2D eigenvalue weighted by Crippen LogP contribution is -2.03. The van der Waals surface area contributed by atoms with Crippen LogP contribution in [0.5, 0.6) is 0 Å². The lowest BCUT2D eigenvalue weighted by atomic mass is 10.0. The first-order valence-electron chi connectivity index (χ1n) is 5.51. The van der Waals surface area contributed by atoms with Gasteiger partial charge in [0.25, 0.3) is 0 Å². The van der Waals surface area contributed by atoms with Gasteiger partial charge in [-0.2, -0.15) is 0 Å². The summed E-state index contributed by atoms with van der Waals surface area (Å²) in [6, 6.07) is 13.7. The largest absolute Gasteiger partial charge is 0.399 e. The van der Waals surface area contributed by atoms with Crippen molar-refractivity contribution in [3.8, 4) is 11.1 Å². The van der Waals surface area contributed by atoms with E-state index in [9.17, 15) is 4.79 Å². The molecule has 0 aromatic heterocycles. The summed E-state index contributed by atoms with van der Waals surface area (Å²) in [6.45, 7) is 0. The number of benzene rings is 2. The van der Waals surface area contributed by atoms with E-state index in [1.54, 1.807) is 0 Å². The van der Waals surface area contributed by atoms with Crippen LogP contribution >= 0.6 is 0 Å². The number of hydrogen-bond acceptors (Lipinski definition) is 2. The third-order valence-corrected chi connectivity index (χ3v) is 2.95. The fourth-order valence-electron chi connectivity index (χ4n) is 2.11. The van der Waals surface area contributed by atoms with Gasteiger partial charge in [0.2, 0.25) is 5.91 Å². The molecule has 0 radical (unpaired) electrons. The molecule has 3 heteroatoms. The van der Waals surface area contributed by atoms with Crippen LogP contribution in [0.4, 0.5) is 11.4 Å². The Labute approximate surface area is 99.3 Å². The molecule has 3 rings (SSSR count). The van der Waals surface area contributed by atoms with Gasteiger partial charge < -0.3 is 11.1 Å². The Morgan fingerprint density at radius 1 is 1.06 bits per heavy atom. The lowest BCUT2D eigenvalue weighted by molar-refractivity contribution is -0.115.